The Bertz CT molecular complexity index is 2670. The summed E-state index contributed by atoms with van der Waals surface area (Å²) in [6.45, 7) is 15.4. The summed E-state index contributed by atoms with van der Waals surface area (Å²) in [7, 11) is 0. The van der Waals surface area contributed by atoms with E-state index in [1.807, 2.05) is 0 Å². The third-order valence-electron chi connectivity index (χ3n) is 13.8. The van der Waals surface area contributed by atoms with Crippen LogP contribution < -0.4 is 4.90 Å². The van der Waals surface area contributed by atoms with Crippen molar-refractivity contribution in [3.8, 4) is 11.1 Å². The molecule has 0 saturated heterocycles. The number of halogens is 12. The Morgan fingerprint density at radius 3 is 1.39 bits per heavy atom. The Morgan fingerprint density at radius 1 is 0.545 bits per heavy atom. The highest BCUT2D eigenvalue weighted by molar-refractivity contribution is 6.34. The largest absolute Gasteiger partial charge is 0.417 e. The topological polar surface area (TPSA) is 74.8 Å². The zero-order chi connectivity index (χ0) is 49.7. The second-order valence-electron chi connectivity index (χ2n) is 17.3. The van der Waals surface area contributed by atoms with Gasteiger partial charge >= 0.3 is 24.7 Å². The molecular formula is C48H42F12N2O4. The van der Waals surface area contributed by atoms with Crippen molar-refractivity contribution >= 4 is 29.3 Å². The van der Waals surface area contributed by atoms with Crippen molar-refractivity contribution in [2.75, 3.05) is 4.90 Å². The van der Waals surface area contributed by atoms with E-state index in [0.717, 1.165) is 11.0 Å². The standard InChI is InChI=1S/C48H42F12N2O4/c1-9-25(6)42(7,10-2)26-12-16-30(36(22-26)45(49,50)51)31-19-15-29(23-37(31)46(52,53)54)61-38(63)32-17-13-27(20-34(32)39(61)64)44(47(55,56)57,48(58,59)60)28-14-18-33-35(21-28)41(66)62(40(33)65)43(8,11-3)24(4)5/h10,12-25H,2,9,11H2,1,3-8H3. The first-order chi connectivity index (χ1) is 30.3. The maximum Gasteiger partial charge on any atom is 0.417 e. The van der Waals surface area contributed by atoms with E-state index in [1.165, 1.54) is 19.1 Å². The lowest BCUT2D eigenvalue weighted by molar-refractivity contribution is -0.288. The predicted octanol–water partition coefficient (Wildman–Crippen LogP) is 13.5. The molecule has 0 radical (unpaired) electrons. The average molecular weight is 939 g/mol. The quantitative estimate of drug-likeness (QED) is 0.0853. The molecule has 352 valence electrons. The Morgan fingerprint density at radius 2 is 0.955 bits per heavy atom. The maximum absolute atomic E-state index is 15.4. The van der Waals surface area contributed by atoms with Crippen LogP contribution in [0.25, 0.3) is 11.1 Å². The zero-order valence-corrected chi connectivity index (χ0v) is 36.3. The monoisotopic (exact) mass is 938 g/mol. The molecular weight excluding hydrogens is 897 g/mol. The number of carbonyl (C=O) groups excluding carboxylic acids is 4. The third-order valence-corrected chi connectivity index (χ3v) is 13.8. The summed E-state index contributed by atoms with van der Waals surface area (Å²) in [6.07, 6.45) is -21.1. The lowest BCUT2D eigenvalue weighted by atomic mass is 9.71. The number of hydrogen-bond acceptors (Lipinski definition) is 4. The van der Waals surface area contributed by atoms with Crippen molar-refractivity contribution in [3.63, 3.8) is 0 Å². The van der Waals surface area contributed by atoms with E-state index < -0.39 is 132 Å². The van der Waals surface area contributed by atoms with E-state index in [1.54, 1.807) is 41.5 Å². The highest BCUT2D eigenvalue weighted by Crippen LogP contribution is 2.57. The van der Waals surface area contributed by atoms with E-state index in [0.29, 0.717) is 48.9 Å². The zero-order valence-electron chi connectivity index (χ0n) is 36.3. The van der Waals surface area contributed by atoms with Crippen LogP contribution in [0.3, 0.4) is 0 Å². The van der Waals surface area contributed by atoms with E-state index >= 15 is 26.3 Å². The van der Waals surface area contributed by atoms with Gasteiger partial charge in [-0.2, -0.15) is 52.7 Å². The minimum absolute atomic E-state index is 0.0550. The number of fused-ring (bicyclic) bond motifs is 2. The molecule has 0 N–H and O–H groups in total. The van der Waals surface area contributed by atoms with Crippen LogP contribution in [0.2, 0.25) is 0 Å². The molecule has 3 atom stereocenters. The number of imide groups is 2. The van der Waals surface area contributed by atoms with Crippen LogP contribution >= 0.6 is 0 Å². The van der Waals surface area contributed by atoms with Gasteiger partial charge in [-0.15, -0.1) is 6.58 Å². The molecule has 4 aromatic rings. The van der Waals surface area contributed by atoms with Gasteiger partial charge in [0, 0.05) is 5.41 Å². The van der Waals surface area contributed by atoms with Crippen molar-refractivity contribution in [1.29, 1.82) is 0 Å². The molecule has 18 heteroatoms. The van der Waals surface area contributed by atoms with Gasteiger partial charge in [-0.3, -0.25) is 24.1 Å². The van der Waals surface area contributed by atoms with Crippen LogP contribution in [-0.4, -0.2) is 46.4 Å². The highest BCUT2D eigenvalue weighted by Gasteiger charge is 2.73. The SMILES string of the molecule is C=CC(C)(c1ccc(-c2ccc(N3C(=O)c4ccc(C(c5ccc6c(c5)C(=O)N(C(C)(CC)C(C)C)C6=O)(C(F)(F)F)C(F)(F)F)cc4C3=O)cc2C(F)(F)F)c(C(F)(F)F)c1)C(C)CC. The Hall–Kier alpha value is -5.94. The molecule has 0 saturated carbocycles. The van der Waals surface area contributed by atoms with Gasteiger partial charge in [0.2, 0.25) is 5.41 Å². The summed E-state index contributed by atoms with van der Waals surface area (Å²) in [6, 6.07) is 6.43. The number of anilines is 1. The van der Waals surface area contributed by atoms with Gasteiger partial charge in [0.05, 0.1) is 44.6 Å². The average Bonchev–Trinajstić information content (AvgIpc) is 3.63. The summed E-state index contributed by atoms with van der Waals surface area (Å²) in [5.74, 6) is -5.86. The van der Waals surface area contributed by atoms with Crippen LogP contribution in [0.15, 0.2) is 85.5 Å². The number of hydrogen-bond donors (Lipinski definition) is 0. The molecule has 6 nitrogen and oxygen atoms in total. The Kier molecular flexibility index (Phi) is 12.1. The number of carbonyl (C=O) groups is 4. The summed E-state index contributed by atoms with van der Waals surface area (Å²) in [4.78, 5) is 55.6. The molecule has 0 aromatic heterocycles. The molecule has 4 aromatic carbocycles. The summed E-state index contributed by atoms with van der Waals surface area (Å²) < 4.78 is 181. The molecule has 4 amide bonds. The molecule has 0 fully saturated rings. The predicted molar refractivity (Wildman–Crippen MR) is 220 cm³/mol. The molecule has 0 bridgehead atoms. The van der Waals surface area contributed by atoms with E-state index in [4.69, 9.17) is 0 Å². The molecule has 2 aliphatic heterocycles. The number of nitrogens with zero attached hydrogens (tertiary/aromatic N) is 2. The smallest absolute Gasteiger partial charge is 0.269 e. The Labute approximate surface area is 371 Å². The van der Waals surface area contributed by atoms with E-state index in [9.17, 15) is 45.5 Å². The van der Waals surface area contributed by atoms with Crippen LogP contribution in [0, 0.1) is 11.8 Å². The van der Waals surface area contributed by atoms with Gasteiger partial charge in [-0.1, -0.05) is 84.4 Å². The van der Waals surface area contributed by atoms with Crippen LogP contribution in [0.4, 0.5) is 58.4 Å². The van der Waals surface area contributed by atoms with Crippen molar-refractivity contribution < 1.29 is 71.9 Å². The molecule has 2 aliphatic rings. The second kappa shape index (κ2) is 16.1. The van der Waals surface area contributed by atoms with Crippen LogP contribution in [0.5, 0.6) is 0 Å². The normalized spacial score (nSPS) is 17.3. The number of rotatable bonds is 11. The van der Waals surface area contributed by atoms with Gasteiger partial charge in [0.25, 0.3) is 23.6 Å². The third kappa shape index (κ3) is 7.38. The number of allylic oxidation sites excluding steroid dienone is 1. The van der Waals surface area contributed by atoms with Gasteiger partial charge in [-0.05, 0) is 95.5 Å². The van der Waals surface area contributed by atoms with E-state index in [2.05, 4.69) is 6.58 Å². The van der Waals surface area contributed by atoms with Crippen LogP contribution in [-0.2, 0) is 23.2 Å². The lowest BCUT2D eigenvalue weighted by Gasteiger charge is -2.40. The fraction of sp³-hybridized carbons (Fsp3) is 0.375. The van der Waals surface area contributed by atoms with Gasteiger partial charge < -0.3 is 0 Å². The number of amides is 4. The number of benzene rings is 4. The molecule has 0 spiro atoms. The first-order valence-corrected chi connectivity index (χ1v) is 20.6. The summed E-state index contributed by atoms with van der Waals surface area (Å²) >= 11 is 0. The Balaban J connectivity index is 1.49. The van der Waals surface area contributed by atoms with Crippen molar-refractivity contribution in [3.05, 3.63) is 136 Å². The van der Waals surface area contributed by atoms with Gasteiger partial charge in [0.1, 0.15) is 0 Å². The molecule has 66 heavy (non-hydrogen) atoms. The fourth-order valence-electron chi connectivity index (χ4n) is 8.97. The van der Waals surface area contributed by atoms with Crippen molar-refractivity contribution in [2.24, 2.45) is 11.8 Å². The first kappa shape index (κ1) is 49.5. The molecule has 6 rings (SSSR count). The lowest BCUT2D eigenvalue weighted by Crippen LogP contribution is -2.55. The molecule has 2 heterocycles. The fourth-order valence-corrected chi connectivity index (χ4v) is 8.97. The molecule has 0 aliphatic carbocycles. The second-order valence-corrected chi connectivity index (χ2v) is 17.3. The van der Waals surface area contributed by atoms with E-state index in [-0.39, 0.29) is 41.0 Å². The van der Waals surface area contributed by atoms with Crippen molar-refractivity contribution in [1.82, 2.24) is 4.90 Å². The highest BCUT2D eigenvalue weighted by atomic mass is 19.4. The van der Waals surface area contributed by atoms with Crippen molar-refractivity contribution in [2.45, 2.75) is 102 Å². The summed E-state index contributed by atoms with van der Waals surface area (Å²) in [5.41, 5.74) is -19.6. The van der Waals surface area contributed by atoms with Gasteiger partial charge in [0.15, 0.2) is 0 Å². The van der Waals surface area contributed by atoms with Gasteiger partial charge in [-0.25, -0.2) is 4.90 Å². The van der Waals surface area contributed by atoms with Crippen LogP contribution in [0.1, 0.15) is 131 Å². The number of alkyl halides is 12. The maximum atomic E-state index is 15.4. The summed E-state index contributed by atoms with van der Waals surface area (Å²) in [5, 5.41) is 0. The molecule has 3 unspecified atom stereocenters. The minimum Gasteiger partial charge on any atom is -0.269 e. The minimum atomic E-state index is -6.30. The first-order valence-electron chi connectivity index (χ1n) is 20.6.